The van der Waals surface area contributed by atoms with Gasteiger partial charge in [-0.05, 0) is 239 Å². The first kappa shape index (κ1) is 89.0. The van der Waals surface area contributed by atoms with Gasteiger partial charge in [-0.2, -0.15) is 52.7 Å². The Morgan fingerprint density at radius 1 is 0.167 bits per heavy atom. The first-order valence-electron chi connectivity index (χ1n) is 46.6. The van der Waals surface area contributed by atoms with Crippen molar-refractivity contribution in [1.82, 2.24) is 48.2 Å². The molecular weight excluding hydrogens is 1830 g/mol. The summed E-state index contributed by atoms with van der Waals surface area (Å²) >= 11 is 0. The van der Waals surface area contributed by atoms with E-state index in [0.717, 1.165) is 114 Å². The van der Waals surface area contributed by atoms with E-state index in [2.05, 4.69) is 0 Å². The molecule has 24 aromatic rings. The van der Waals surface area contributed by atoms with Crippen LogP contribution in [0.2, 0.25) is 0 Å². The normalized spacial score (nSPS) is 12.3. The van der Waals surface area contributed by atoms with Gasteiger partial charge < -0.3 is 18.3 Å². The molecular formula is C122H76F12N10. The van der Waals surface area contributed by atoms with Crippen LogP contribution in [0.15, 0.2) is 388 Å². The summed E-state index contributed by atoms with van der Waals surface area (Å²) in [5.41, 5.74) is 9.01. The van der Waals surface area contributed by atoms with E-state index in [0.29, 0.717) is 82.4 Å². The second kappa shape index (κ2) is 34.1. The number of fused-ring (bicyclic) bond motifs is 12. The predicted octanol–water partition coefficient (Wildman–Crippen LogP) is 34.1. The number of rotatable bonds is 15. The Morgan fingerprint density at radius 3 is 0.833 bits per heavy atom. The number of aryl methyl sites for hydroxylation is 4. The van der Waals surface area contributed by atoms with Gasteiger partial charge in [-0.1, -0.05) is 255 Å². The summed E-state index contributed by atoms with van der Waals surface area (Å²) in [4.78, 5) is 30.8. The average Bonchev–Trinajstić information content (AvgIpc) is 1.53. The number of para-hydroxylation sites is 4. The average molecular weight is 1910 g/mol. The van der Waals surface area contributed by atoms with Gasteiger partial charge in [0.25, 0.3) is 0 Å². The van der Waals surface area contributed by atoms with Crippen LogP contribution in [0.5, 0.6) is 0 Å². The van der Waals surface area contributed by atoms with Gasteiger partial charge >= 0.3 is 24.7 Å². The third kappa shape index (κ3) is 15.2. The van der Waals surface area contributed by atoms with E-state index in [9.17, 15) is 0 Å². The molecule has 22 heteroatoms. The minimum Gasteiger partial charge on any atom is -0.309 e. The molecule has 0 aliphatic carbocycles. The monoisotopic (exact) mass is 1910 g/mol. The Labute approximate surface area is 815 Å². The maximum Gasteiger partial charge on any atom is 0.417 e. The van der Waals surface area contributed by atoms with Crippen molar-refractivity contribution in [3.63, 3.8) is 0 Å². The molecule has 0 aliphatic rings. The number of nitrogens with zero attached hydrogens (tertiary/aromatic N) is 10. The molecule has 0 N–H and O–H groups in total. The Morgan fingerprint density at radius 2 is 0.451 bits per heavy atom. The molecule has 0 spiro atoms. The molecule has 24 rings (SSSR count). The third-order valence-electron chi connectivity index (χ3n) is 27.6. The summed E-state index contributed by atoms with van der Waals surface area (Å²) in [6.07, 6.45) is -20.3. The van der Waals surface area contributed by atoms with E-state index < -0.39 is 52.8 Å². The number of hydrogen-bond donors (Lipinski definition) is 0. The Balaban J connectivity index is 0.773. The van der Waals surface area contributed by atoms with Crippen LogP contribution in [-0.2, 0) is 24.7 Å². The number of aromatic nitrogens is 10. The molecule has 0 atom stereocenters. The van der Waals surface area contributed by atoms with Crippen LogP contribution < -0.4 is 0 Å². The quantitative estimate of drug-likeness (QED) is 0.0949. The molecule has 0 fully saturated rings. The van der Waals surface area contributed by atoms with Crippen LogP contribution in [0.25, 0.3) is 234 Å². The molecule has 0 amide bonds. The Hall–Kier alpha value is -17.7. The summed E-state index contributed by atoms with van der Waals surface area (Å²) in [6.45, 7) is 7.79. The van der Waals surface area contributed by atoms with Crippen molar-refractivity contribution in [2.24, 2.45) is 0 Å². The van der Waals surface area contributed by atoms with Crippen LogP contribution in [0.4, 0.5) is 52.7 Å². The SMILES string of the molecule is Cc1ccccc1-c1ccc2c(c1)c1ccccc1n2-c1ccc(C(F)(F)F)cc1-c1nc(-c2ccccc2)nc(-c2cc(C(F)(F)F)c(-c3cc4c5ccccc5n(-c5ccc(C(F)(F)F)cc5-c5nc(-c6ccccc6)nc(-c6cc(C(F)(F)F)ccc6-n6c7ccccc7c7ccc(-c8ccccc8C)cc76)n5)c4cc3-c3ccccc3C)cc2-n2c3ccccc3c3cc(-c4ccccc4C)ccc32)n1. The second-order valence-corrected chi connectivity index (χ2v) is 36.2. The van der Waals surface area contributed by atoms with Gasteiger partial charge in [-0.15, -0.1) is 0 Å². The zero-order chi connectivity index (χ0) is 98.7. The van der Waals surface area contributed by atoms with E-state index in [4.69, 9.17) is 29.9 Å². The summed E-state index contributed by atoms with van der Waals surface area (Å²) in [5.74, 6) is -1.66. The van der Waals surface area contributed by atoms with Crippen LogP contribution in [0, 0.1) is 27.7 Å². The minimum absolute atomic E-state index is 0.00945. The standard InChI is InChI=1S/C122H76F12N10/c1-69-27-11-15-35-81(69)75-48-54-105-93(59-75)86-40-20-24-44-102(86)141(105)107-56-50-78(119(123,124)125)62-96(107)115-137-114(74-33-9-6-10-34-74)138-118(140-115)99-66-100(122(132,133)134)92(68-112(99)142-103-45-25-21-41-87(103)94-60-76(49-55-106(94)142)82-36-16-12-28-70(82)2)90-65-95-88-42-22-26-46-104(88)144(111(95)67-91(90)84-38-18-14-30-72(84)4)109-58-52-80(121(129,130)131)64-98(109)117-136-113(73-31-7-5-8-32-73)135-116(139-117)97-63-79(120(126,127)128)51-57-108(97)143-101-43-23-19-39-85(101)89-53-47-77(61-110(89)143)83-37-17-13-29-71(83)3/h5-68H,1-4H3. The molecule has 698 valence electrons. The number of alkyl halides is 12. The van der Waals surface area contributed by atoms with Gasteiger partial charge in [0.2, 0.25) is 0 Å². The highest BCUT2D eigenvalue weighted by atomic mass is 19.4. The van der Waals surface area contributed by atoms with E-state index in [-0.39, 0.29) is 96.3 Å². The lowest BCUT2D eigenvalue weighted by Crippen LogP contribution is -2.12. The first-order chi connectivity index (χ1) is 69.6. The summed E-state index contributed by atoms with van der Waals surface area (Å²) in [7, 11) is 0. The van der Waals surface area contributed by atoms with E-state index in [1.165, 1.54) is 24.3 Å². The van der Waals surface area contributed by atoms with Crippen LogP contribution in [0.1, 0.15) is 44.5 Å². The summed E-state index contributed by atoms with van der Waals surface area (Å²) in [5, 5.41) is 5.16. The van der Waals surface area contributed by atoms with Gasteiger partial charge in [-0.25, -0.2) is 29.9 Å². The highest BCUT2D eigenvalue weighted by Gasteiger charge is 2.41. The Bertz CT molecular complexity index is 9410. The van der Waals surface area contributed by atoms with Crippen molar-refractivity contribution in [3.8, 4) is 147 Å². The molecule has 0 saturated heterocycles. The lowest BCUT2D eigenvalue weighted by Gasteiger charge is -2.23. The summed E-state index contributed by atoms with van der Waals surface area (Å²) < 4.78 is 205. The second-order valence-electron chi connectivity index (χ2n) is 36.2. The van der Waals surface area contributed by atoms with Gasteiger partial charge in [-0.3, -0.25) is 0 Å². The molecule has 6 heterocycles. The van der Waals surface area contributed by atoms with Crippen molar-refractivity contribution >= 4 is 87.2 Å². The number of halogens is 12. The van der Waals surface area contributed by atoms with Crippen molar-refractivity contribution in [2.75, 3.05) is 0 Å². The maximum atomic E-state index is 18.2. The summed E-state index contributed by atoms with van der Waals surface area (Å²) in [6, 6.07) is 110. The lowest BCUT2D eigenvalue weighted by atomic mass is 9.87. The smallest absolute Gasteiger partial charge is 0.309 e. The first-order valence-corrected chi connectivity index (χ1v) is 46.6. The van der Waals surface area contributed by atoms with Gasteiger partial charge in [0.05, 0.1) is 89.1 Å². The fraction of sp³-hybridized carbons (Fsp3) is 0.0656. The van der Waals surface area contributed by atoms with Gasteiger partial charge in [0.1, 0.15) is 0 Å². The van der Waals surface area contributed by atoms with Crippen molar-refractivity contribution in [2.45, 2.75) is 52.4 Å². The lowest BCUT2D eigenvalue weighted by molar-refractivity contribution is -0.138. The largest absolute Gasteiger partial charge is 0.417 e. The number of benzene rings is 18. The van der Waals surface area contributed by atoms with Crippen LogP contribution in [0.3, 0.4) is 0 Å². The van der Waals surface area contributed by atoms with Gasteiger partial charge in [0, 0.05) is 76.5 Å². The molecule has 18 aromatic carbocycles. The zero-order valence-corrected chi connectivity index (χ0v) is 77.0. The van der Waals surface area contributed by atoms with E-state index >= 15 is 52.7 Å². The van der Waals surface area contributed by atoms with Crippen molar-refractivity contribution < 1.29 is 52.7 Å². The molecule has 0 saturated carbocycles. The zero-order valence-electron chi connectivity index (χ0n) is 77.0. The fourth-order valence-electron chi connectivity index (χ4n) is 20.8. The van der Waals surface area contributed by atoms with E-state index in [1.54, 1.807) is 133 Å². The van der Waals surface area contributed by atoms with Crippen molar-refractivity contribution in [1.29, 1.82) is 0 Å². The highest BCUT2D eigenvalue weighted by molar-refractivity contribution is 6.16. The molecule has 0 radical (unpaired) electrons. The molecule has 0 aliphatic heterocycles. The highest BCUT2D eigenvalue weighted by Crippen LogP contribution is 2.53. The molecule has 10 nitrogen and oxygen atoms in total. The third-order valence-corrected chi connectivity index (χ3v) is 27.6. The Kier molecular flexibility index (Phi) is 21.1. The topological polar surface area (TPSA) is 97.1 Å². The van der Waals surface area contributed by atoms with Crippen LogP contribution >= 0.6 is 0 Å². The molecule has 144 heavy (non-hydrogen) atoms. The van der Waals surface area contributed by atoms with Crippen molar-refractivity contribution in [3.05, 3.63) is 433 Å². The fourth-order valence-corrected chi connectivity index (χ4v) is 20.8. The molecule has 0 bridgehead atoms. The van der Waals surface area contributed by atoms with Crippen LogP contribution in [-0.4, -0.2) is 48.2 Å². The molecule has 0 unspecified atom stereocenters. The minimum atomic E-state index is -5.31. The molecule has 6 aromatic heterocycles. The number of hydrogen-bond acceptors (Lipinski definition) is 6. The van der Waals surface area contributed by atoms with E-state index in [1.807, 2.05) is 235 Å². The predicted molar refractivity (Wildman–Crippen MR) is 549 cm³/mol. The van der Waals surface area contributed by atoms with Gasteiger partial charge in [0.15, 0.2) is 34.9 Å². The maximum absolute atomic E-state index is 18.2.